The van der Waals surface area contributed by atoms with Gasteiger partial charge in [0, 0.05) is 18.4 Å². The maximum Gasteiger partial charge on any atom is 0.0472 e. The molecule has 0 saturated heterocycles. The zero-order valence-corrected chi connectivity index (χ0v) is 11.0. The van der Waals surface area contributed by atoms with E-state index in [0.29, 0.717) is 5.92 Å². The minimum atomic E-state index is 0. The standard InChI is InChI=1S/C16H21N.CH4/c1-4-16-15(13(2)3)10-11-17(16)12-14-8-6-5-7-9-14;/h5-11,13H,4,12H2,1-3H3;1H4. The number of rotatable bonds is 4. The van der Waals surface area contributed by atoms with Crippen molar-refractivity contribution in [3.05, 3.63) is 59.4 Å². The summed E-state index contributed by atoms with van der Waals surface area (Å²) in [7, 11) is 0. The van der Waals surface area contributed by atoms with Crippen LogP contribution in [0, 0.1) is 0 Å². The lowest BCUT2D eigenvalue weighted by Gasteiger charge is -2.11. The molecule has 1 aromatic carbocycles. The van der Waals surface area contributed by atoms with Gasteiger partial charge in [0.15, 0.2) is 0 Å². The molecule has 98 valence electrons. The second kappa shape index (κ2) is 6.44. The molecule has 0 spiro atoms. The molecule has 0 aliphatic carbocycles. The molecule has 0 aliphatic heterocycles. The molecule has 1 nitrogen and oxygen atoms in total. The van der Waals surface area contributed by atoms with Gasteiger partial charge in [-0.3, -0.25) is 0 Å². The highest BCUT2D eigenvalue weighted by Crippen LogP contribution is 2.22. The molecule has 0 saturated carbocycles. The van der Waals surface area contributed by atoms with Crippen molar-refractivity contribution in [1.29, 1.82) is 0 Å². The van der Waals surface area contributed by atoms with Gasteiger partial charge in [0.2, 0.25) is 0 Å². The molecule has 0 bridgehead atoms. The van der Waals surface area contributed by atoms with Crippen LogP contribution >= 0.6 is 0 Å². The van der Waals surface area contributed by atoms with Gasteiger partial charge in [-0.2, -0.15) is 0 Å². The Hall–Kier alpha value is -1.50. The fraction of sp³-hybridized carbons (Fsp3) is 0.412. The third kappa shape index (κ3) is 3.04. The van der Waals surface area contributed by atoms with Gasteiger partial charge in [-0.1, -0.05) is 58.5 Å². The third-order valence-electron chi connectivity index (χ3n) is 3.27. The maximum atomic E-state index is 2.38. The quantitative estimate of drug-likeness (QED) is 0.723. The average molecular weight is 243 g/mol. The van der Waals surface area contributed by atoms with Gasteiger partial charge < -0.3 is 4.57 Å². The predicted molar refractivity (Wildman–Crippen MR) is 80.2 cm³/mol. The molecular weight excluding hydrogens is 218 g/mol. The maximum absolute atomic E-state index is 2.38. The second-order valence-electron chi connectivity index (χ2n) is 4.84. The van der Waals surface area contributed by atoms with Crippen LogP contribution in [0.25, 0.3) is 0 Å². The highest BCUT2D eigenvalue weighted by Gasteiger charge is 2.10. The van der Waals surface area contributed by atoms with Crippen LogP contribution in [0.1, 0.15) is 50.9 Å². The van der Waals surface area contributed by atoms with Crippen molar-refractivity contribution in [2.24, 2.45) is 0 Å². The molecular formula is C17H25N. The van der Waals surface area contributed by atoms with Crippen LogP contribution in [0.4, 0.5) is 0 Å². The Labute approximate surface area is 111 Å². The summed E-state index contributed by atoms with van der Waals surface area (Å²) in [4.78, 5) is 0. The molecule has 0 fully saturated rings. The Morgan fingerprint density at radius 3 is 2.28 bits per heavy atom. The first-order valence-electron chi connectivity index (χ1n) is 6.44. The van der Waals surface area contributed by atoms with Gasteiger partial charge in [0.25, 0.3) is 0 Å². The average Bonchev–Trinajstić information content (AvgIpc) is 2.73. The molecule has 2 aromatic rings. The summed E-state index contributed by atoms with van der Waals surface area (Å²) in [5, 5.41) is 0. The third-order valence-corrected chi connectivity index (χ3v) is 3.27. The second-order valence-corrected chi connectivity index (χ2v) is 4.84. The van der Waals surface area contributed by atoms with E-state index >= 15 is 0 Å². The van der Waals surface area contributed by atoms with E-state index in [9.17, 15) is 0 Å². The van der Waals surface area contributed by atoms with Crippen LogP contribution in [-0.4, -0.2) is 4.57 Å². The van der Waals surface area contributed by atoms with Crippen LogP contribution in [0.2, 0.25) is 0 Å². The van der Waals surface area contributed by atoms with E-state index in [-0.39, 0.29) is 7.43 Å². The molecule has 0 atom stereocenters. The van der Waals surface area contributed by atoms with Gasteiger partial charge in [-0.05, 0) is 29.5 Å². The first-order valence-corrected chi connectivity index (χ1v) is 6.44. The van der Waals surface area contributed by atoms with Gasteiger partial charge in [0.1, 0.15) is 0 Å². The normalized spacial score (nSPS) is 10.4. The fourth-order valence-electron chi connectivity index (χ4n) is 2.38. The number of benzene rings is 1. The first-order chi connectivity index (χ1) is 8.22. The van der Waals surface area contributed by atoms with Crippen LogP contribution in [-0.2, 0) is 13.0 Å². The summed E-state index contributed by atoms with van der Waals surface area (Å²) in [6.45, 7) is 7.75. The number of hydrogen-bond acceptors (Lipinski definition) is 0. The van der Waals surface area contributed by atoms with Crippen LogP contribution in [0.15, 0.2) is 42.6 Å². The van der Waals surface area contributed by atoms with Gasteiger partial charge in [-0.25, -0.2) is 0 Å². The van der Waals surface area contributed by atoms with Crippen molar-refractivity contribution in [3.63, 3.8) is 0 Å². The molecule has 1 aromatic heterocycles. The van der Waals surface area contributed by atoms with E-state index < -0.39 is 0 Å². The Morgan fingerprint density at radius 2 is 1.72 bits per heavy atom. The van der Waals surface area contributed by atoms with Crippen molar-refractivity contribution in [2.75, 3.05) is 0 Å². The van der Waals surface area contributed by atoms with E-state index in [0.717, 1.165) is 13.0 Å². The van der Waals surface area contributed by atoms with Gasteiger partial charge in [0.05, 0.1) is 0 Å². The predicted octanol–water partition coefficient (Wildman–Crippen LogP) is 4.86. The molecule has 18 heavy (non-hydrogen) atoms. The largest absolute Gasteiger partial charge is 0.347 e. The van der Waals surface area contributed by atoms with E-state index in [1.165, 1.54) is 16.8 Å². The van der Waals surface area contributed by atoms with Crippen molar-refractivity contribution in [2.45, 2.75) is 47.1 Å². The molecule has 0 radical (unpaired) electrons. The summed E-state index contributed by atoms with van der Waals surface area (Å²) in [6, 6.07) is 12.9. The number of aromatic nitrogens is 1. The van der Waals surface area contributed by atoms with Gasteiger partial charge in [-0.15, -0.1) is 0 Å². The van der Waals surface area contributed by atoms with Crippen LogP contribution in [0.3, 0.4) is 0 Å². The fourth-order valence-corrected chi connectivity index (χ4v) is 2.38. The van der Waals surface area contributed by atoms with E-state index in [1.54, 1.807) is 0 Å². The van der Waals surface area contributed by atoms with Gasteiger partial charge >= 0.3 is 0 Å². The topological polar surface area (TPSA) is 4.93 Å². The summed E-state index contributed by atoms with van der Waals surface area (Å²) in [6.07, 6.45) is 3.33. The summed E-state index contributed by atoms with van der Waals surface area (Å²) >= 11 is 0. The van der Waals surface area contributed by atoms with E-state index in [1.807, 2.05) is 0 Å². The molecule has 1 heterocycles. The SMILES string of the molecule is C.CCc1c(C(C)C)ccn1Cc1ccccc1. The first kappa shape index (κ1) is 14.6. The lowest BCUT2D eigenvalue weighted by molar-refractivity contribution is 0.729. The lowest BCUT2D eigenvalue weighted by Crippen LogP contribution is -2.04. The highest BCUT2D eigenvalue weighted by atomic mass is 15.0. The number of hydrogen-bond donors (Lipinski definition) is 0. The smallest absolute Gasteiger partial charge is 0.0472 e. The summed E-state index contributed by atoms with van der Waals surface area (Å²) in [5.41, 5.74) is 4.33. The number of nitrogens with zero attached hydrogens (tertiary/aromatic N) is 1. The minimum Gasteiger partial charge on any atom is -0.347 e. The molecule has 0 unspecified atom stereocenters. The van der Waals surface area contributed by atoms with E-state index in [4.69, 9.17) is 0 Å². The highest BCUT2D eigenvalue weighted by molar-refractivity contribution is 5.27. The molecule has 1 heteroatoms. The van der Waals surface area contributed by atoms with Crippen molar-refractivity contribution < 1.29 is 0 Å². The molecule has 2 rings (SSSR count). The Balaban J connectivity index is 0.00000162. The van der Waals surface area contributed by atoms with E-state index in [2.05, 4.69) is 67.9 Å². The Bertz CT molecular complexity index is 466. The van der Waals surface area contributed by atoms with Crippen LogP contribution in [0.5, 0.6) is 0 Å². The Kier molecular flexibility index (Phi) is 5.21. The summed E-state index contributed by atoms with van der Waals surface area (Å²) < 4.78 is 2.38. The lowest BCUT2D eigenvalue weighted by atomic mass is 10.0. The molecule has 0 aliphatic rings. The Morgan fingerprint density at radius 1 is 1.06 bits per heavy atom. The van der Waals surface area contributed by atoms with Crippen molar-refractivity contribution >= 4 is 0 Å². The zero-order valence-electron chi connectivity index (χ0n) is 11.0. The van der Waals surface area contributed by atoms with Crippen LogP contribution < -0.4 is 0 Å². The summed E-state index contributed by atoms with van der Waals surface area (Å²) in [5.74, 6) is 0.613. The molecule has 0 amide bonds. The van der Waals surface area contributed by atoms with Crippen molar-refractivity contribution in [3.8, 4) is 0 Å². The minimum absolute atomic E-state index is 0. The van der Waals surface area contributed by atoms with Crippen molar-refractivity contribution in [1.82, 2.24) is 4.57 Å². The monoisotopic (exact) mass is 243 g/mol. The zero-order chi connectivity index (χ0) is 12.3. The molecule has 0 N–H and O–H groups in total.